The van der Waals surface area contributed by atoms with E-state index in [1.54, 1.807) is 6.20 Å². The summed E-state index contributed by atoms with van der Waals surface area (Å²) in [6.45, 7) is 3.20. The van der Waals surface area contributed by atoms with Gasteiger partial charge in [-0.25, -0.2) is 4.79 Å². The molecular formula is C21H24N4O4. The first-order valence-electron chi connectivity index (χ1n) is 9.75. The third-order valence-corrected chi connectivity index (χ3v) is 5.53. The van der Waals surface area contributed by atoms with Crippen molar-refractivity contribution >= 4 is 22.8 Å². The van der Waals surface area contributed by atoms with Crippen molar-refractivity contribution in [3.05, 3.63) is 53.5 Å². The number of amides is 1. The van der Waals surface area contributed by atoms with Crippen LogP contribution in [0.1, 0.15) is 40.5 Å². The van der Waals surface area contributed by atoms with Gasteiger partial charge in [0.05, 0.1) is 17.8 Å². The molecule has 0 spiro atoms. The molecule has 1 aromatic carbocycles. The van der Waals surface area contributed by atoms with Crippen molar-refractivity contribution in [3.63, 3.8) is 0 Å². The number of para-hydroxylation sites is 1. The van der Waals surface area contributed by atoms with Gasteiger partial charge in [0, 0.05) is 42.4 Å². The Kier molecular flexibility index (Phi) is 5.35. The highest BCUT2D eigenvalue weighted by Crippen LogP contribution is 2.23. The topological polar surface area (TPSA) is 109 Å². The Hall–Kier alpha value is -3.13. The highest BCUT2D eigenvalue weighted by Gasteiger charge is 2.26. The predicted octanol–water partition coefficient (Wildman–Crippen LogP) is 2.45. The minimum absolute atomic E-state index is 0.193. The Balaban J connectivity index is 1.51. The van der Waals surface area contributed by atoms with E-state index in [4.69, 9.17) is 4.74 Å². The number of hydrogen-bond donors (Lipinski definition) is 3. The first-order chi connectivity index (χ1) is 14.0. The highest BCUT2D eigenvalue weighted by molar-refractivity contribution is 5.97. The van der Waals surface area contributed by atoms with Crippen LogP contribution in [-0.2, 0) is 16.0 Å². The number of aromatic amines is 1. The predicted molar refractivity (Wildman–Crippen MR) is 107 cm³/mol. The summed E-state index contributed by atoms with van der Waals surface area (Å²) in [5, 5.41) is 17.7. The average molecular weight is 396 g/mol. The van der Waals surface area contributed by atoms with Crippen LogP contribution in [0.15, 0.2) is 36.7 Å². The summed E-state index contributed by atoms with van der Waals surface area (Å²) >= 11 is 0. The fourth-order valence-electron chi connectivity index (χ4n) is 3.90. The molecule has 29 heavy (non-hydrogen) atoms. The van der Waals surface area contributed by atoms with Gasteiger partial charge in [0.2, 0.25) is 0 Å². The number of nitrogens with one attached hydrogen (secondary N) is 2. The molecule has 3 heterocycles. The van der Waals surface area contributed by atoms with Crippen molar-refractivity contribution < 1.29 is 19.4 Å². The number of rotatable bonds is 6. The van der Waals surface area contributed by atoms with Crippen LogP contribution in [0.5, 0.6) is 0 Å². The Labute approximate surface area is 167 Å². The second-order valence-corrected chi connectivity index (χ2v) is 7.36. The lowest BCUT2D eigenvalue weighted by Gasteiger charge is -2.23. The maximum Gasteiger partial charge on any atom is 0.326 e. The number of aromatic nitrogens is 3. The van der Waals surface area contributed by atoms with Gasteiger partial charge < -0.3 is 20.1 Å². The molecule has 1 saturated heterocycles. The zero-order valence-electron chi connectivity index (χ0n) is 16.2. The number of benzene rings is 1. The van der Waals surface area contributed by atoms with E-state index in [9.17, 15) is 14.7 Å². The van der Waals surface area contributed by atoms with Gasteiger partial charge in [-0.2, -0.15) is 5.10 Å². The maximum absolute atomic E-state index is 12.8. The zero-order valence-corrected chi connectivity index (χ0v) is 16.2. The van der Waals surface area contributed by atoms with E-state index in [2.05, 4.69) is 15.4 Å². The van der Waals surface area contributed by atoms with Crippen LogP contribution >= 0.6 is 0 Å². The number of carboxylic acids is 1. The molecule has 1 unspecified atom stereocenters. The molecule has 0 saturated carbocycles. The van der Waals surface area contributed by atoms with Gasteiger partial charge in [0.25, 0.3) is 5.91 Å². The number of carboxylic acid groups (broad SMARTS) is 1. The molecule has 0 aliphatic carbocycles. The van der Waals surface area contributed by atoms with Crippen LogP contribution < -0.4 is 5.32 Å². The molecule has 1 fully saturated rings. The van der Waals surface area contributed by atoms with E-state index in [-0.39, 0.29) is 12.5 Å². The first kappa shape index (κ1) is 19.2. The van der Waals surface area contributed by atoms with E-state index in [1.165, 1.54) is 6.20 Å². The number of carbonyl (C=O) groups is 2. The number of aliphatic carboxylic acids is 1. The maximum atomic E-state index is 12.8. The number of carbonyl (C=O) groups excluding carboxylic acids is 1. The monoisotopic (exact) mass is 396 g/mol. The van der Waals surface area contributed by atoms with Gasteiger partial charge in [-0.1, -0.05) is 18.2 Å². The molecule has 1 amide bonds. The number of H-pyrrole nitrogens is 1. The third-order valence-electron chi connectivity index (χ3n) is 5.53. The second kappa shape index (κ2) is 8.08. The smallest absolute Gasteiger partial charge is 0.326 e. The summed E-state index contributed by atoms with van der Waals surface area (Å²) in [7, 11) is 0. The molecule has 8 nitrogen and oxygen atoms in total. The third kappa shape index (κ3) is 3.88. The average Bonchev–Trinajstić information content (AvgIpc) is 3.31. The van der Waals surface area contributed by atoms with Crippen molar-refractivity contribution in [2.45, 2.75) is 38.3 Å². The number of fused-ring (bicyclic) bond motifs is 1. The van der Waals surface area contributed by atoms with Gasteiger partial charge in [0.1, 0.15) is 6.04 Å². The quantitative estimate of drug-likeness (QED) is 0.593. The summed E-state index contributed by atoms with van der Waals surface area (Å²) in [6, 6.07) is 6.85. The van der Waals surface area contributed by atoms with E-state index in [0.29, 0.717) is 18.8 Å². The summed E-state index contributed by atoms with van der Waals surface area (Å²) in [5.41, 5.74) is 2.93. The minimum Gasteiger partial charge on any atom is -0.480 e. The largest absolute Gasteiger partial charge is 0.480 e. The molecule has 1 atom stereocenters. The Morgan fingerprint density at radius 1 is 1.34 bits per heavy atom. The van der Waals surface area contributed by atoms with E-state index < -0.39 is 17.9 Å². The Morgan fingerprint density at radius 2 is 2.10 bits per heavy atom. The SMILES string of the molecule is Cc1c(C(=O)NC(Cc2c[nH]c3ccccc23)C(=O)O)cnn1C1CCOCC1. The molecule has 1 aliphatic rings. The van der Waals surface area contributed by atoms with Gasteiger partial charge in [0.15, 0.2) is 0 Å². The van der Waals surface area contributed by atoms with Crippen LogP contribution in [-0.4, -0.2) is 51.0 Å². The van der Waals surface area contributed by atoms with E-state index in [0.717, 1.165) is 35.0 Å². The molecule has 0 bridgehead atoms. The van der Waals surface area contributed by atoms with E-state index >= 15 is 0 Å². The molecule has 152 valence electrons. The van der Waals surface area contributed by atoms with Crippen molar-refractivity contribution in [2.75, 3.05) is 13.2 Å². The van der Waals surface area contributed by atoms with Crippen LogP contribution in [0.4, 0.5) is 0 Å². The molecule has 3 N–H and O–H groups in total. The molecule has 2 aromatic heterocycles. The van der Waals surface area contributed by atoms with E-state index in [1.807, 2.05) is 35.9 Å². The lowest BCUT2D eigenvalue weighted by Crippen LogP contribution is -2.42. The lowest BCUT2D eigenvalue weighted by molar-refractivity contribution is -0.139. The van der Waals surface area contributed by atoms with Crippen molar-refractivity contribution in [2.24, 2.45) is 0 Å². The van der Waals surface area contributed by atoms with Crippen LogP contribution in [0, 0.1) is 6.92 Å². The van der Waals surface area contributed by atoms with Gasteiger partial charge >= 0.3 is 5.97 Å². The van der Waals surface area contributed by atoms with Gasteiger partial charge in [-0.05, 0) is 31.4 Å². The Bertz CT molecular complexity index is 1030. The van der Waals surface area contributed by atoms with Gasteiger partial charge in [-0.3, -0.25) is 9.48 Å². The van der Waals surface area contributed by atoms with Crippen molar-refractivity contribution in [1.29, 1.82) is 0 Å². The molecular weight excluding hydrogens is 372 g/mol. The van der Waals surface area contributed by atoms with Crippen molar-refractivity contribution in [3.8, 4) is 0 Å². The Morgan fingerprint density at radius 3 is 2.86 bits per heavy atom. The standard InChI is InChI=1S/C21H24N4O4/c1-13-17(12-23-25(13)15-6-8-29-9-7-15)20(26)24-19(21(27)28)10-14-11-22-18-5-3-2-4-16(14)18/h2-5,11-12,15,19,22H,6-10H2,1H3,(H,24,26)(H,27,28). The fourth-order valence-corrected chi connectivity index (χ4v) is 3.90. The van der Waals surface area contributed by atoms with Crippen LogP contribution in [0.3, 0.4) is 0 Å². The van der Waals surface area contributed by atoms with Crippen molar-refractivity contribution in [1.82, 2.24) is 20.1 Å². The summed E-state index contributed by atoms with van der Waals surface area (Å²) in [6.07, 6.45) is 5.20. The normalized spacial score (nSPS) is 16.0. The lowest BCUT2D eigenvalue weighted by atomic mass is 10.0. The van der Waals surface area contributed by atoms with Crippen LogP contribution in [0.2, 0.25) is 0 Å². The molecule has 3 aromatic rings. The molecule has 0 radical (unpaired) electrons. The molecule has 4 rings (SSSR count). The summed E-state index contributed by atoms with van der Waals surface area (Å²) in [5.74, 6) is -1.49. The van der Waals surface area contributed by atoms with Gasteiger partial charge in [-0.15, -0.1) is 0 Å². The second-order valence-electron chi connectivity index (χ2n) is 7.36. The fraction of sp³-hybridized carbons (Fsp3) is 0.381. The number of nitrogens with zero attached hydrogens (tertiary/aromatic N) is 2. The number of ether oxygens (including phenoxy) is 1. The number of hydrogen-bond acceptors (Lipinski definition) is 4. The van der Waals surface area contributed by atoms with Crippen LogP contribution in [0.25, 0.3) is 10.9 Å². The zero-order chi connectivity index (χ0) is 20.4. The molecule has 8 heteroatoms. The molecule has 1 aliphatic heterocycles. The first-order valence-corrected chi connectivity index (χ1v) is 9.75. The summed E-state index contributed by atoms with van der Waals surface area (Å²) in [4.78, 5) is 27.8. The summed E-state index contributed by atoms with van der Waals surface area (Å²) < 4.78 is 7.24. The minimum atomic E-state index is -1.07. The highest BCUT2D eigenvalue weighted by atomic mass is 16.5.